The Labute approximate surface area is 116 Å². The number of hydrogen-bond acceptors (Lipinski definition) is 3. The smallest absolute Gasteiger partial charge is 0.125 e. The van der Waals surface area contributed by atoms with Gasteiger partial charge in [0.15, 0.2) is 0 Å². The third-order valence-electron chi connectivity index (χ3n) is 2.59. The van der Waals surface area contributed by atoms with Crippen LogP contribution in [0.1, 0.15) is 24.3 Å². The second kappa shape index (κ2) is 5.42. The van der Waals surface area contributed by atoms with Crippen molar-refractivity contribution < 1.29 is 4.42 Å². The summed E-state index contributed by atoms with van der Waals surface area (Å²) in [5.41, 5.74) is 7.13. The summed E-state index contributed by atoms with van der Waals surface area (Å²) in [6.07, 6.45) is 1.65. The lowest BCUT2D eigenvalue weighted by atomic mass is 10.2. The quantitative estimate of drug-likeness (QED) is 0.838. The molecule has 0 aliphatic carbocycles. The zero-order valence-electron chi connectivity index (χ0n) is 9.81. The first-order valence-corrected chi connectivity index (χ1v) is 6.26. The van der Waals surface area contributed by atoms with Crippen LogP contribution in [-0.2, 0) is 0 Å². The standard InChI is InChI=1S/C13H13ClN2OS/c1-8(12-3-2-6-17-12)16-9-4-5-10(13(15)18)11(14)7-9/h2-8,16H,1H3,(H2,15,18). The van der Waals surface area contributed by atoms with E-state index >= 15 is 0 Å². The van der Waals surface area contributed by atoms with E-state index in [-0.39, 0.29) is 6.04 Å². The highest BCUT2D eigenvalue weighted by molar-refractivity contribution is 7.80. The molecule has 1 atom stereocenters. The largest absolute Gasteiger partial charge is 0.467 e. The van der Waals surface area contributed by atoms with Gasteiger partial charge >= 0.3 is 0 Å². The number of benzene rings is 1. The summed E-state index contributed by atoms with van der Waals surface area (Å²) < 4.78 is 5.32. The van der Waals surface area contributed by atoms with Crippen molar-refractivity contribution in [1.82, 2.24) is 0 Å². The Hall–Kier alpha value is -1.52. The predicted molar refractivity (Wildman–Crippen MR) is 78.1 cm³/mol. The minimum atomic E-state index is 0.0618. The molecular formula is C13H13ClN2OS. The highest BCUT2D eigenvalue weighted by atomic mass is 35.5. The van der Waals surface area contributed by atoms with Crippen molar-refractivity contribution in [1.29, 1.82) is 0 Å². The van der Waals surface area contributed by atoms with E-state index in [0.29, 0.717) is 15.6 Å². The van der Waals surface area contributed by atoms with Crippen LogP contribution < -0.4 is 11.1 Å². The van der Waals surface area contributed by atoms with Crippen LogP contribution in [-0.4, -0.2) is 4.99 Å². The number of furan rings is 1. The summed E-state index contributed by atoms with van der Waals surface area (Å²) >= 11 is 11.0. The van der Waals surface area contributed by atoms with Gasteiger partial charge in [-0.25, -0.2) is 0 Å². The van der Waals surface area contributed by atoms with E-state index in [2.05, 4.69) is 5.32 Å². The van der Waals surface area contributed by atoms with Gasteiger partial charge in [0.2, 0.25) is 0 Å². The Morgan fingerprint density at radius 2 is 2.22 bits per heavy atom. The molecule has 0 bridgehead atoms. The minimum Gasteiger partial charge on any atom is -0.467 e. The fourth-order valence-corrected chi connectivity index (χ4v) is 2.18. The zero-order chi connectivity index (χ0) is 13.1. The van der Waals surface area contributed by atoms with Gasteiger partial charge < -0.3 is 15.5 Å². The molecule has 0 saturated heterocycles. The molecule has 0 amide bonds. The Morgan fingerprint density at radius 1 is 1.44 bits per heavy atom. The molecule has 0 aliphatic heterocycles. The van der Waals surface area contributed by atoms with Gasteiger partial charge in [0.25, 0.3) is 0 Å². The van der Waals surface area contributed by atoms with E-state index in [1.807, 2.05) is 31.2 Å². The number of nitrogens with two attached hydrogens (primary N) is 1. The second-order valence-corrected chi connectivity index (χ2v) is 4.79. The number of hydrogen-bond donors (Lipinski definition) is 2. The molecule has 2 aromatic rings. The summed E-state index contributed by atoms with van der Waals surface area (Å²) in [6.45, 7) is 2.01. The molecule has 5 heteroatoms. The molecule has 0 fully saturated rings. The van der Waals surface area contributed by atoms with Crippen molar-refractivity contribution in [3.8, 4) is 0 Å². The summed E-state index contributed by atoms with van der Waals surface area (Å²) in [5.74, 6) is 0.865. The van der Waals surface area contributed by atoms with Crippen LogP contribution >= 0.6 is 23.8 Å². The molecule has 18 heavy (non-hydrogen) atoms. The lowest BCUT2D eigenvalue weighted by molar-refractivity contribution is 0.490. The zero-order valence-corrected chi connectivity index (χ0v) is 11.4. The second-order valence-electron chi connectivity index (χ2n) is 3.94. The number of rotatable bonds is 4. The van der Waals surface area contributed by atoms with Crippen LogP contribution in [0.4, 0.5) is 5.69 Å². The number of halogens is 1. The van der Waals surface area contributed by atoms with Gasteiger partial charge in [-0.1, -0.05) is 23.8 Å². The van der Waals surface area contributed by atoms with Crippen LogP contribution in [0.3, 0.4) is 0 Å². The maximum atomic E-state index is 6.10. The van der Waals surface area contributed by atoms with Crippen molar-refractivity contribution in [3.05, 3.63) is 52.9 Å². The van der Waals surface area contributed by atoms with Gasteiger partial charge in [-0.05, 0) is 37.3 Å². The average molecular weight is 281 g/mol. The summed E-state index contributed by atoms with van der Waals surface area (Å²) in [7, 11) is 0. The maximum Gasteiger partial charge on any atom is 0.125 e. The van der Waals surface area contributed by atoms with E-state index in [1.54, 1.807) is 12.3 Å². The molecule has 1 aromatic heterocycles. The van der Waals surface area contributed by atoms with Crippen molar-refractivity contribution >= 4 is 34.5 Å². The molecule has 3 N–H and O–H groups in total. The number of nitrogens with one attached hydrogen (secondary N) is 1. The van der Waals surface area contributed by atoms with E-state index in [4.69, 9.17) is 34.0 Å². The monoisotopic (exact) mass is 280 g/mol. The molecule has 1 aromatic carbocycles. The molecule has 1 heterocycles. The Bertz CT molecular complexity index is 554. The first kappa shape index (κ1) is 12.9. The van der Waals surface area contributed by atoms with Gasteiger partial charge in [-0.3, -0.25) is 0 Å². The molecule has 94 valence electrons. The first-order chi connectivity index (χ1) is 8.58. The van der Waals surface area contributed by atoms with Crippen molar-refractivity contribution in [3.63, 3.8) is 0 Å². The lowest BCUT2D eigenvalue weighted by Gasteiger charge is -2.14. The molecule has 0 saturated carbocycles. The van der Waals surface area contributed by atoms with E-state index in [0.717, 1.165) is 11.4 Å². The van der Waals surface area contributed by atoms with Gasteiger partial charge in [0.1, 0.15) is 10.7 Å². The molecule has 0 aliphatic rings. The number of anilines is 1. The third kappa shape index (κ3) is 2.83. The Morgan fingerprint density at radius 3 is 2.78 bits per heavy atom. The van der Waals surface area contributed by atoms with Gasteiger partial charge in [0.05, 0.1) is 17.3 Å². The van der Waals surface area contributed by atoms with Crippen LogP contribution in [0.15, 0.2) is 41.0 Å². The van der Waals surface area contributed by atoms with Crippen LogP contribution in [0, 0.1) is 0 Å². The third-order valence-corrected chi connectivity index (χ3v) is 3.12. The van der Waals surface area contributed by atoms with E-state index in [9.17, 15) is 0 Å². The van der Waals surface area contributed by atoms with E-state index in [1.165, 1.54) is 0 Å². The maximum absolute atomic E-state index is 6.10. The molecule has 2 rings (SSSR count). The Kier molecular flexibility index (Phi) is 3.89. The molecule has 1 unspecified atom stereocenters. The van der Waals surface area contributed by atoms with Gasteiger partial charge in [-0.2, -0.15) is 0 Å². The predicted octanol–water partition coefficient (Wildman–Crippen LogP) is 3.74. The van der Waals surface area contributed by atoms with Crippen LogP contribution in [0.5, 0.6) is 0 Å². The fraction of sp³-hybridized carbons (Fsp3) is 0.154. The van der Waals surface area contributed by atoms with Crippen molar-refractivity contribution in [2.24, 2.45) is 5.73 Å². The van der Waals surface area contributed by atoms with Crippen molar-refractivity contribution in [2.75, 3.05) is 5.32 Å². The minimum absolute atomic E-state index is 0.0618. The van der Waals surface area contributed by atoms with Gasteiger partial charge in [0, 0.05) is 11.3 Å². The highest BCUT2D eigenvalue weighted by Crippen LogP contribution is 2.24. The Balaban J connectivity index is 2.15. The van der Waals surface area contributed by atoms with Crippen LogP contribution in [0.25, 0.3) is 0 Å². The molecule has 3 nitrogen and oxygen atoms in total. The molecular weight excluding hydrogens is 268 g/mol. The lowest BCUT2D eigenvalue weighted by Crippen LogP contribution is -2.11. The SMILES string of the molecule is CC(Nc1ccc(C(N)=S)c(Cl)c1)c1ccco1. The number of thiocarbonyl (C=S) groups is 1. The first-order valence-electron chi connectivity index (χ1n) is 5.47. The highest BCUT2D eigenvalue weighted by Gasteiger charge is 2.09. The average Bonchev–Trinajstić information content (AvgIpc) is 2.81. The molecule has 0 radical (unpaired) electrons. The summed E-state index contributed by atoms with van der Waals surface area (Å²) in [4.78, 5) is 0.297. The summed E-state index contributed by atoms with van der Waals surface area (Å²) in [5, 5.41) is 3.83. The fourth-order valence-electron chi connectivity index (χ4n) is 1.66. The van der Waals surface area contributed by atoms with Gasteiger partial charge in [-0.15, -0.1) is 0 Å². The molecule has 0 spiro atoms. The van der Waals surface area contributed by atoms with Crippen molar-refractivity contribution in [2.45, 2.75) is 13.0 Å². The topological polar surface area (TPSA) is 51.2 Å². The van der Waals surface area contributed by atoms with E-state index < -0.39 is 0 Å². The van der Waals surface area contributed by atoms with Crippen LogP contribution in [0.2, 0.25) is 5.02 Å². The summed E-state index contributed by atoms with van der Waals surface area (Å²) in [6, 6.07) is 9.34. The normalized spacial score (nSPS) is 12.1.